The van der Waals surface area contributed by atoms with E-state index in [2.05, 4.69) is 10.1 Å². The molecule has 93 valence electrons. The lowest BCUT2D eigenvalue weighted by Crippen LogP contribution is -2.17. The van der Waals surface area contributed by atoms with Crippen LogP contribution in [0.1, 0.15) is 12.0 Å². The van der Waals surface area contributed by atoms with Crippen LogP contribution >= 0.6 is 0 Å². The van der Waals surface area contributed by atoms with E-state index in [0.29, 0.717) is 19.4 Å². The monoisotopic (exact) mass is 246 g/mol. The predicted octanol–water partition coefficient (Wildman–Crippen LogP) is 2.17. The molecule has 0 aliphatic heterocycles. The zero-order valence-corrected chi connectivity index (χ0v) is 8.88. The zero-order chi connectivity index (χ0) is 12.7. The summed E-state index contributed by atoms with van der Waals surface area (Å²) in [4.78, 5) is 9.83. The Morgan fingerprint density at radius 2 is 1.88 bits per heavy atom. The van der Waals surface area contributed by atoms with E-state index in [1.807, 2.05) is 0 Å². The summed E-state index contributed by atoms with van der Waals surface area (Å²) in [6.07, 6.45) is -1.75. The van der Waals surface area contributed by atoms with Gasteiger partial charge in [-0.05, 0) is 30.5 Å². The summed E-state index contributed by atoms with van der Waals surface area (Å²) in [5, 5.41) is 2.38. The molecule has 1 N–H and O–H groups in total. The molecule has 6 heteroatoms. The summed E-state index contributed by atoms with van der Waals surface area (Å²) in [6, 6.07) is 5.65. The molecule has 17 heavy (non-hydrogen) atoms. The summed E-state index contributed by atoms with van der Waals surface area (Å²) >= 11 is 0. The first kappa shape index (κ1) is 13.3. The zero-order valence-electron chi connectivity index (χ0n) is 8.88. The number of alkyl halides is 3. The third kappa shape index (κ3) is 5.79. The number of halogens is 3. The van der Waals surface area contributed by atoms with Crippen LogP contribution in [-0.4, -0.2) is 19.3 Å². The van der Waals surface area contributed by atoms with Crippen LogP contribution in [0, 0.1) is 0 Å². The summed E-state index contributed by atoms with van der Waals surface area (Å²) in [6.45, 7) is 0.490. The van der Waals surface area contributed by atoms with Crippen LogP contribution in [-0.2, 0) is 11.2 Å². The van der Waals surface area contributed by atoms with Crippen LogP contribution in [0.4, 0.5) is 13.2 Å². The molecule has 0 saturated carbocycles. The topological polar surface area (TPSA) is 38.3 Å². The maximum Gasteiger partial charge on any atom is 0.573 e. The van der Waals surface area contributed by atoms with Gasteiger partial charge in [-0.25, -0.2) is 0 Å². The van der Waals surface area contributed by atoms with E-state index in [1.165, 1.54) is 12.1 Å². The molecule has 3 nitrogen and oxygen atoms in total. The van der Waals surface area contributed by atoms with Crippen LogP contribution in [0.3, 0.4) is 0 Å². The van der Waals surface area contributed by atoms with Crippen LogP contribution in [0.2, 0.25) is 0 Å². The fourth-order valence-corrected chi connectivity index (χ4v) is 1.29. The van der Waals surface area contributed by atoms with Gasteiger partial charge in [0.1, 0.15) is 5.75 Å². The first-order valence-electron chi connectivity index (χ1n) is 4.96. The van der Waals surface area contributed by atoms with Gasteiger partial charge in [-0.3, -0.25) is 4.79 Å². The maximum absolute atomic E-state index is 11.9. The molecular formula is C11H11F3NO2. The third-order valence-corrected chi connectivity index (χ3v) is 2.00. The third-order valence-electron chi connectivity index (χ3n) is 2.00. The lowest BCUT2D eigenvalue weighted by molar-refractivity contribution is -0.274. The number of nitrogens with one attached hydrogen (secondary N) is 1. The number of aryl methyl sites for hydroxylation is 1. The predicted molar refractivity (Wildman–Crippen MR) is 55.1 cm³/mol. The Morgan fingerprint density at radius 1 is 1.24 bits per heavy atom. The van der Waals surface area contributed by atoms with E-state index >= 15 is 0 Å². The van der Waals surface area contributed by atoms with Gasteiger partial charge < -0.3 is 10.1 Å². The van der Waals surface area contributed by atoms with Crippen molar-refractivity contribution in [1.82, 2.24) is 5.32 Å². The van der Waals surface area contributed by atoms with Crippen LogP contribution < -0.4 is 10.1 Å². The van der Waals surface area contributed by atoms with Gasteiger partial charge in [0.2, 0.25) is 0 Å². The smallest absolute Gasteiger partial charge is 0.406 e. The lowest BCUT2D eigenvalue weighted by atomic mass is 10.1. The standard InChI is InChI=1S/C11H11F3NO2/c12-11(13,14)17-10-5-3-9(4-6-10)2-1-7-15-8-16/h3-6H,1-2,7H2,(H,15,16). The second-order valence-electron chi connectivity index (χ2n) is 3.32. The molecule has 0 fully saturated rings. The van der Waals surface area contributed by atoms with Crippen molar-refractivity contribution in [3.63, 3.8) is 0 Å². The van der Waals surface area contributed by atoms with Gasteiger partial charge in [0.25, 0.3) is 0 Å². The highest BCUT2D eigenvalue weighted by atomic mass is 19.4. The van der Waals surface area contributed by atoms with Gasteiger partial charge in [0.15, 0.2) is 0 Å². The highest BCUT2D eigenvalue weighted by Crippen LogP contribution is 2.22. The van der Waals surface area contributed by atoms with Crippen LogP contribution in [0.15, 0.2) is 24.3 Å². The summed E-state index contributed by atoms with van der Waals surface area (Å²) < 4.78 is 39.3. The molecule has 0 saturated heterocycles. The highest BCUT2D eigenvalue weighted by molar-refractivity contribution is 5.46. The van der Waals surface area contributed by atoms with Crippen LogP contribution in [0.25, 0.3) is 0 Å². The van der Waals surface area contributed by atoms with Crippen molar-refractivity contribution in [2.45, 2.75) is 19.2 Å². The highest BCUT2D eigenvalue weighted by Gasteiger charge is 2.30. The van der Waals surface area contributed by atoms with Crippen LogP contribution in [0.5, 0.6) is 5.75 Å². The number of benzene rings is 1. The molecule has 0 heterocycles. The number of rotatable bonds is 6. The number of hydrogen-bond donors (Lipinski definition) is 1. The van der Waals surface area contributed by atoms with Crippen molar-refractivity contribution in [2.24, 2.45) is 0 Å². The van der Waals surface area contributed by atoms with E-state index in [-0.39, 0.29) is 5.75 Å². The molecule has 1 amide bonds. The Hall–Kier alpha value is -1.72. The maximum atomic E-state index is 11.9. The summed E-state index contributed by atoms with van der Waals surface area (Å²) in [5.41, 5.74) is 0.882. The first-order valence-corrected chi connectivity index (χ1v) is 4.96. The molecule has 0 spiro atoms. The molecular weight excluding hydrogens is 235 g/mol. The number of ether oxygens (including phenoxy) is 1. The molecule has 0 aromatic heterocycles. The Kier molecular flexibility index (Phi) is 4.81. The molecule has 0 atom stereocenters. The molecule has 1 aromatic rings. The number of carbonyl (C=O) groups excluding carboxylic acids is 1. The number of amides is 1. The van der Waals surface area contributed by atoms with Gasteiger partial charge in [-0.2, -0.15) is 0 Å². The number of hydrogen-bond acceptors (Lipinski definition) is 2. The lowest BCUT2D eigenvalue weighted by Gasteiger charge is -2.09. The first-order chi connectivity index (χ1) is 8.01. The van der Waals surface area contributed by atoms with Gasteiger partial charge in [0, 0.05) is 6.54 Å². The van der Waals surface area contributed by atoms with E-state index < -0.39 is 6.36 Å². The molecule has 0 aliphatic rings. The van der Waals surface area contributed by atoms with Crippen molar-refractivity contribution in [1.29, 1.82) is 0 Å². The van der Waals surface area contributed by atoms with E-state index in [0.717, 1.165) is 5.56 Å². The van der Waals surface area contributed by atoms with Crippen molar-refractivity contribution in [3.8, 4) is 5.75 Å². The quantitative estimate of drug-likeness (QED) is 0.617. The minimum Gasteiger partial charge on any atom is -0.406 e. The van der Waals surface area contributed by atoms with E-state index in [1.54, 1.807) is 18.5 Å². The Bertz CT molecular complexity index is 349. The SMILES string of the molecule is O=[C]NCCCc1ccc(OC(F)(F)F)cc1. The van der Waals surface area contributed by atoms with Crippen molar-refractivity contribution >= 4 is 6.41 Å². The fourth-order valence-electron chi connectivity index (χ4n) is 1.29. The Balaban J connectivity index is 2.42. The molecule has 0 bridgehead atoms. The average Bonchev–Trinajstić information content (AvgIpc) is 2.25. The van der Waals surface area contributed by atoms with E-state index in [9.17, 15) is 18.0 Å². The van der Waals surface area contributed by atoms with Gasteiger partial charge in [-0.1, -0.05) is 12.1 Å². The minimum absolute atomic E-state index is 0.236. The Morgan fingerprint density at radius 3 is 2.41 bits per heavy atom. The van der Waals surface area contributed by atoms with Crippen molar-refractivity contribution in [3.05, 3.63) is 29.8 Å². The molecule has 0 aliphatic carbocycles. The summed E-state index contributed by atoms with van der Waals surface area (Å²) in [7, 11) is 0. The van der Waals surface area contributed by atoms with Gasteiger partial charge >= 0.3 is 12.8 Å². The second kappa shape index (κ2) is 6.12. The largest absolute Gasteiger partial charge is 0.573 e. The second-order valence-corrected chi connectivity index (χ2v) is 3.32. The van der Waals surface area contributed by atoms with Crippen molar-refractivity contribution in [2.75, 3.05) is 6.54 Å². The van der Waals surface area contributed by atoms with Gasteiger partial charge in [0.05, 0.1) is 0 Å². The van der Waals surface area contributed by atoms with Gasteiger partial charge in [-0.15, -0.1) is 13.2 Å². The average molecular weight is 246 g/mol. The molecule has 0 unspecified atom stereocenters. The molecule has 1 radical (unpaired) electrons. The molecule has 1 aromatic carbocycles. The summed E-state index contributed by atoms with van der Waals surface area (Å²) in [5.74, 6) is -0.236. The molecule has 1 rings (SSSR count). The normalized spacial score (nSPS) is 11.0. The Labute approximate surface area is 96.6 Å². The van der Waals surface area contributed by atoms with Crippen molar-refractivity contribution < 1.29 is 22.7 Å². The fraction of sp³-hybridized carbons (Fsp3) is 0.364. The minimum atomic E-state index is -4.66. The van der Waals surface area contributed by atoms with E-state index in [4.69, 9.17) is 0 Å².